The Kier molecular flexibility index (Phi) is 7.98. The summed E-state index contributed by atoms with van der Waals surface area (Å²) in [6.45, 7) is 7.53. The molecule has 1 N–H and O–H groups in total. The Balaban J connectivity index is 1.66. The molecular formula is C27H32N2O6S. The van der Waals surface area contributed by atoms with E-state index in [1.54, 1.807) is 41.0 Å². The number of rotatable bonds is 7. The fourth-order valence-corrected chi connectivity index (χ4v) is 5.48. The van der Waals surface area contributed by atoms with Gasteiger partial charge in [0, 0.05) is 29.6 Å². The van der Waals surface area contributed by atoms with E-state index in [0.717, 1.165) is 4.88 Å². The molecule has 0 bridgehead atoms. The SMILES string of the molecule is CCOC(=O)N1CCC(N2C(=O)C(=O)/C(=C(\O)c3cccc(OCC(C)C)c3)C2c2cccs2)CC1. The van der Waals surface area contributed by atoms with Crippen LogP contribution in [0.5, 0.6) is 5.75 Å². The average Bonchev–Trinajstić information content (AvgIpc) is 3.49. The van der Waals surface area contributed by atoms with E-state index in [1.807, 2.05) is 31.4 Å². The second-order valence-electron chi connectivity index (χ2n) is 9.37. The van der Waals surface area contributed by atoms with Gasteiger partial charge in [-0.3, -0.25) is 9.59 Å². The van der Waals surface area contributed by atoms with Gasteiger partial charge < -0.3 is 24.4 Å². The van der Waals surface area contributed by atoms with Crippen LogP contribution < -0.4 is 4.74 Å². The zero-order valence-electron chi connectivity index (χ0n) is 20.8. The molecule has 1 aromatic heterocycles. The van der Waals surface area contributed by atoms with Crippen molar-refractivity contribution in [3.8, 4) is 5.75 Å². The second kappa shape index (κ2) is 11.2. The van der Waals surface area contributed by atoms with Crippen LogP contribution in [0.15, 0.2) is 47.4 Å². The Bertz CT molecular complexity index is 1130. The van der Waals surface area contributed by atoms with Gasteiger partial charge in [-0.1, -0.05) is 32.0 Å². The molecule has 1 aromatic carbocycles. The fourth-order valence-electron chi connectivity index (χ4n) is 4.65. The highest BCUT2D eigenvalue weighted by Crippen LogP contribution is 2.43. The van der Waals surface area contributed by atoms with Crippen molar-refractivity contribution in [3.05, 3.63) is 57.8 Å². The third-order valence-corrected chi connectivity index (χ3v) is 7.29. The first-order valence-electron chi connectivity index (χ1n) is 12.3. The normalized spacial score (nSPS) is 20.3. The molecule has 9 heteroatoms. The van der Waals surface area contributed by atoms with Crippen LogP contribution in [0.3, 0.4) is 0 Å². The van der Waals surface area contributed by atoms with Gasteiger partial charge in [0.25, 0.3) is 11.7 Å². The number of Topliss-reactive ketones (excluding diaryl/α,β-unsaturated/α-hetero) is 1. The van der Waals surface area contributed by atoms with Gasteiger partial charge in [0.05, 0.1) is 24.8 Å². The minimum Gasteiger partial charge on any atom is -0.507 e. The predicted molar refractivity (Wildman–Crippen MR) is 137 cm³/mol. The van der Waals surface area contributed by atoms with Crippen molar-refractivity contribution < 1.29 is 29.0 Å². The number of aliphatic hydroxyl groups excluding tert-OH is 1. The Labute approximate surface area is 215 Å². The van der Waals surface area contributed by atoms with Gasteiger partial charge in [0.1, 0.15) is 11.5 Å². The summed E-state index contributed by atoms with van der Waals surface area (Å²) < 4.78 is 10.9. The molecule has 2 fully saturated rings. The molecule has 2 aliphatic heterocycles. The maximum atomic E-state index is 13.3. The number of aliphatic hydroxyl groups is 1. The molecule has 4 rings (SSSR count). The lowest BCUT2D eigenvalue weighted by Crippen LogP contribution is -2.48. The third-order valence-electron chi connectivity index (χ3n) is 6.37. The minimum atomic E-state index is -0.702. The van der Waals surface area contributed by atoms with Crippen molar-refractivity contribution in [2.45, 2.75) is 45.7 Å². The van der Waals surface area contributed by atoms with Crippen molar-refractivity contribution in [3.63, 3.8) is 0 Å². The molecule has 0 saturated carbocycles. The topological polar surface area (TPSA) is 96.4 Å². The maximum absolute atomic E-state index is 13.3. The summed E-state index contributed by atoms with van der Waals surface area (Å²) in [7, 11) is 0. The van der Waals surface area contributed by atoms with Crippen LogP contribution in [-0.2, 0) is 14.3 Å². The van der Waals surface area contributed by atoms with Gasteiger partial charge in [-0.15, -0.1) is 11.3 Å². The Morgan fingerprint density at radius 2 is 1.92 bits per heavy atom. The highest BCUT2D eigenvalue weighted by Gasteiger charge is 2.49. The van der Waals surface area contributed by atoms with E-state index >= 15 is 0 Å². The lowest BCUT2D eigenvalue weighted by atomic mass is 9.97. The lowest BCUT2D eigenvalue weighted by Gasteiger charge is -2.38. The quantitative estimate of drug-likeness (QED) is 0.324. The number of thiophene rings is 1. The van der Waals surface area contributed by atoms with Crippen LogP contribution in [0.25, 0.3) is 5.76 Å². The summed E-state index contributed by atoms with van der Waals surface area (Å²) in [5, 5.41) is 13.2. The fraction of sp³-hybridized carbons (Fsp3) is 0.444. The van der Waals surface area contributed by atoms with Crippen LogP contribution in [0, 0.1) is 5.92 Å². The van der Waals surface area contributed by atoms with Crippen LogP contribution in [0.4, 0.5) is 4.79 Å². The third kappa shape index (κ3) is 5.26. The largest absolute Gasteiger partial charge is 0.507 e. The molecule has 0 aliphatic carbocycles. The lowest BCUT2D eigenvalue weighted by molar-refractivity contribution is -0.142. The molecule has 36 heavy (non-hydrogen) atoms. The van der Waals surface area contributed by atoms with Gasteiger partial charge >= 0.3 is 6.09 Å². The minimum absolute atomic E-state index is 0.0799. The number of likely N-dealkylation sites (tertiary alicyclic amines) is 2. The molecule has 3 heterocycles. The summed E-state index contributed by atoms with van der Waals surface area (Å²) in [6, 6.07) is 9.75. The number of nitrogens with zero attached hydrogens (tertiary/aromatic N) is 2. The van der Waals surface area contributed by atoms with Gasteiger partial charge in [-0.05, 0) is 49.3 Å². The van der Waals surface area contributed by atoms with Gasteiger partial charge in [-0.2, -0.15) is 0 Å². The van der Waals surface area contributed by atoms with E-state index in [0.29, 0.717) is 56.4 Å². The highest BCUT2D eigenvalue weighted by molar-refractivity contribution is 7.10. The molecule has 8 nitrogen and oxygen atoms in total. The number of carbonyl (C=O) groups excluding carboxylic acids is 3. The van der Waals surface area contributed by atoms with E-state index < -0.39 is 17.7 Å². The van der Waals surface area contributed by atoms with Crippen molar-refractivity contribution in [2.24, 2.45) is 5.92 Å². The number of amides is 2. The first kappa shape index (κ1) is 25.8. The van der Waals surface area contributed by atoms with Gasteiger partial charge in [-0.25, -0.2) is 4.79 Å². The molecule has 0 radical (unpaired) electrons. The van der Waals surface area contributed by atoms with Crippen molar-refractivity contribution in [1.82, 2.24) is 9.80 Å². The molecule has 0 spiro atoms. The predicted octanol–water partition coefficient (Wildman–Crippen LogP) is 4.83. The number of hydrogen-bond donors (Lipinski definition) is 1. The summed E-state index contributed by atoms with van der Waals surface area (Å²) in [5.41, 5.74) is 0.504. The molecule has 1 unspecified atom stereocenters. The molecule has 2 amide bonds. The molecule has 2 aliphatic rings. The van der Waals surface area contributed by atoms with Crippen LogP contribution in [-0.4, -0.2) is 65.0 Å². The van der Waals surface area contributed by atoms with Crippen molar-refractivity contribution >= 4 is 34.9 Å². The Morgan fingerprint density at radius 3 is 2.56 bits per heavy atom. The zero-order chi connectivity index (χ0) is 25.8. The molecule has 2 saturated heterocycles. The van der Waals surface area contributed by atoms with Gasteiger partial charge in [0.15, 0.2) is 0 Å². The van der Waals surface area contributed by atoms with Crippen molar-refractivity contribution in [2.75, 3.05) is 26.3 Å². The molecular weight excluding hydrogens is 480 g/mol. The van der Waals surface area contributed by atoms with E-state index in [1.165, 1.54) is 11.3 Å². The smallest absolute Gasteiger partial charge is 0.409 e. The second-order valence-corrected chi connectivity index (χ2v) is 10.4. The number of benzene rings is 1. The summed E-state index contributed by atoms with van der Waals surface area (Å²) in [6.07, 6.45) is 0.672. The molecule has 2 aromatic rings. The van der Waals surface area contributed by atoms with Gasteiger partial charge in [0.2, 0.25) is 0 Å². The number of carbonyl (C=O) groups is 3. The number of ketones is 1. The average molecular weight is 513 g/mol. The van der Waals surface area contributed by atoms with Crippen LogP contribution >= 0.6 is 11.3 Å². The Morgan fingerprint density at radius 1 is 1.17 bits per heavy atom. The first-order valence-corrected chi connectivity index (χ1v) is 13.2. The first-order chi connectivity index (χ1) is 17.3. The standard InChI is InChI=1S/C27H32N2O6S/c1-4-34-27(33)28-12-10-19(11-13-28)29-23(21-9-6-14-36-21)22(25(31)26(29)32)24(30)18-7-5-8-20(15-18)35-16-17(2)3/h5-9,14-15,17,19,23,30H,4,10-13,16H2,1-3H3/b24-22-. The number of hydrogen-bond acceptors (Lipinski definition) is 7. The number of piperidine rings is 1. The monoisotopic (exact) mass is 512 g/mol. The number of ether oxygens (including phenoxy) is 2. The van der Waals surface area contributed by atoms with Crippen LogP contribution in [0.1, 0.15) is 50.1 Å². The highest BCUT2D eigenvalue weighted by atomic mass is 32.1. The zero-order valence-corrected chi connectivity index (χ0v) is 21.6. The van der Waals surface area contributed by atoms with E-state index in [2.05, 4.69) is 0 Å². The Hall–Kier alpha value is -3.33. The summed E-state index contributed by atoms with van der Waals surface area (Å²) in [4.78, 5) is 42.8. The summed E-state index contributed by atoms with van der Waals surface area (Å²) >= 11 is 1.43. The molecule has 192 valence electrons. The van der Waals surface area contributed by atoms with E-state index in [-0.39, 0.29) is 23.5 Å². The van der Waals surface area contributed by atoms with Crippen LogP contribution in [0.2, 0.25) is 0 Å². The molecule has 1 atom stereocenters. The summed E-state index contributed by atoms with van der Waals surface area (Å²) in [5.74, 6) is -0.625. The van der Waals surface area contributed by atoms with Crippen molar-refractivity contribution in [1.29, 1.82) is 0 Å². The maximum Gasteiger partial charge on any atom is 0.409 e. The van der Waals surface area contributed by atoms with E-state index in [9.17, 15) is 19.5 Å². The van der Waals surface area contributed by atoms with E-state index in [4.69, 9.17) is 9.47 Å².